The van der Waals surface area contributed by atoms with Gasteiger partial charge >= 0.3 is 0 Å². The van der Waals surface area contributed by atoms with Gasteiger partial charge in [-0.15, -0.1) is 0 Å². The maximum absolute atomic E-state index is 4.51. The second-order valence-electron chi connectivity index (χ2n) is 3.62. The minimum absolute atomic E-state index is 0.318. The van der Waals surface area contributed by atoms with E-state index in [9.17, 15) is 0 Å². The summed E-state index contributed by atoms with van der Waals surface area (Å²) in [5.41, 5.74) is 0. The fourth-order valence-corrected chi connectivity index (χ4v) is 1.96. The number of hydrogen-bond donors (Lipinski definition) is 0. The molecule has 16 heavy (non-hydrogen) atoms. The summed E-state index contributed by atoms with van der Waals surface area (Å²) < 4.78 is 0. The Bertz CT molecular complexity index is 290. The third-order valence-corrected chi connectivity index (χ3v) is 3.18. The van der Waals surface area contributed by atoms with Crippen molar-refractivity contribution in [1.82, 2.24) is 4.90 Å². The van der Waals surface area contributed by atoms with Gasteiger partial charge in [-0.1, -0.05) is 37.1 Å². The van der Waals surface area contributed by atoms with E-state index in [1.54, 1.807) is 17.8 Å². The highest BCUT2D eigenvalue weighted by Gasteiger charge is 2.13. The molecule has 0 aliphatic rings. The van der Waals surface area contributed by atoms with Gasteiger partial charge in [0, 0.05) is 11.4 Å². The number of nitrogens with zero attached hydrogens (tertiary/aromatic N) is 2. The van der Waals surface area contributed by atoms with Crippen LogP contribution in [0.3, 0.4) is 0 Å². The van der Waals surface area contributed by atoms with Gasteiger partial charge in [-0.05, 0) is 34.0 Å². The van der Waals surface area contributed by atoms with Crippen LogP contribution < -0.4 is 0 Å². The molecule has 0 radical (unpaired) electrons. The summed E-state index contributed by atoms with van der Waals surface area (Å²) in [6.07, 6.45) is 5.59. The van der Waals surface area contributed by atoms with E-state index in [1.807, 2.05) is 19.1 Å². The topological polar surface area (TPSA) is 15.6 Å². The second kappa shape index (κ2) is 8.36. The fourth-order valence-electron chi connectivity index (χ4n) is 0.970. The van der Waals surface area contributed by atoms with Crippen LogP contribution in [0.4, 0.5) is 0 Å². The van der Waals surface area contributed by atoms with Gasteiger partial charge in [-0.2, -0.15) is 0 Å². The Balaban J connectivity index is 4.58. The number of rotatable bonds is 6. The Hall–Kier alpha value is -0.800. The van der Waals surface area contributed by atoms with Gasteiger partial charge in [0.1, 0.15) is 0 Å². The Morgan fingerprint density at radius 3 is 2.56 bits per heavy atom. The molecule has 0 saturated heterocycles. The third kappa shape index (κ3) is 5.93. The first-order chi connectivity index (χ1) is 7.52. The van der Waals surface area contributed by atoms with E-state index in [2.05, 4.69) is 44.1 Å². The molecule has 1 atom stereocenters. The molecule has 0 aliphatic carbocycles. The minimum Gasteiger partial charge on any atom is -0.301 e. The standard InChI is InChI=1S/C13H22N2S/c1-7-9-10-11(3)16-13(14-8-2)12(4)15(5)6/h7,9-10,12H,1,3,8H2,2,4-6H3/b10-9-,14-13?. The van der Waals surface area contributed by atoms with Crippen molar-refractivity contribution in [1.29, 1.82) is 0 Å². The molecular weight excluding hydrogens is 216 g/mol. The Morgan fingerprint density at radius 2 is 2.12 bits per heavy atom. The number of aliphatic imine (C=N–C) groups is 1. The van der Waals surface area contributed by atoms with Crippen LogP contribution in [0.2, 0.25) is 0 Å². The number of allylic oxidation sites excluding steroid dienone is 3. The molecule has 0 amide bonds. The summed E-state index contributed by atoms with van der Waals surface area (Å²) in [4.78, 5) is 7.64. The average Bonchev–Trinajstić information content (AvgIpc) is 2.24. The van der Waals surface area contributed by atoms with Crippen molar-refractivity contribution < 1.29 is 0 Å². The Labute approximate surface area is 104 Å². The Morgan fingerprint density at radius 1 is 1.50 bits per heavy atom. The molecule has 0 spiro atoms. The quantitative estimate of drug-likeness (QED) is 0.401. The molecule has 0 rings (SSSR count). The van der Waals surface area contributed by atoms with Crippen LogP contribution in [0.25, 0.3) is 0 Å². The van der Waals surface area contributed by atoms with E-state index in [0.29, 0.717) is 6.04 Å². The zero-order valence-corrected chi connectivity index (χ0v) is 11.5. The molecule has 3 heteroatoms. The van der Waals surface area contributed by atoms with Gasteiger partial charge in [0.2, 0.25) is 0 Å². The van der Waals surface area contributed by atoms with Crippen molar-refractivity contribution in [3.8, 4) is 0 Å². The van der Waals surface area contributed by atoms with Gasteiger partial charge in [0.05, 0.1) is 11.1 Å². The molecule has 0 N–H and O–H groups in total. The lowest BCUT2D eigenvalue weighted by Gasteiger charge is -2.21. The van der Waals surface area contributed by atoms with Crippen molar-refractivity contribution in [2.24, 2.45) is 4.99 Å². The summed E-state index contributed by atoms with van der Waals surface area (Å²) in [6.45, 7) is 12.6. The zero-order chi connectivity index (χ0) is 12.6. The lowest BCUT2D eigenvalue weighted by Crippen LogP contribution is -2.31. The first-order valence-corrected chi connectivity index (χ1v) is 6.21. The number of thioether (sulfide) groups is 1. The molecule has 0 fully saturated rings. The Kier molecular flexibility index (Phi) is 7.95. The van der Waals surface area contributed by atoms with Crippen molar-refractivity contribution in [2.45, 2.75) is 19.9 Å². The smallest absolute Gasteiger partial charge is 0.0892 e. The van der Waals surface area contributed by atoms with Crippen molar-refractivity contribution in [3.05, 3.63) is 36.3 Å². The molecule has 0 aliphatic heterocycles. The molecule has 0 saturated carbocycles. The van der Waals surface area contributed by atoms with Crippen molar-refractivity contribution in [3.63, 3.8) is 0 Å². The molecule has 0 aromatic rings. The van der Waals surface area contributed by atoms with Gasteiger partial charge in [-0.3, -0.25) is 4.99 Å². The van der Waals surface area contributed by atoms with Crippen LogP contribution in [0, 0.1) is 0 Å². The largest absolute Gasteiger partial charge is 0.301 e. The summed E-state index contributed by atoms with van der Waals surface area (Å²) in [5, 5.41) is 1.10. The fraction of sp³-hybridized carbons (Fsp3) is 0.462. The monoisotopic (exact) mass is 238 g/mol. The highest BCUT2D eigenvalue weighted by Crippen LogP contribution is 2.20. The SMILES string of the molecule is C=C/C=C\C(=C)SC(=NCC)C(C)N(C)C. The van der Waals surface area contributed by atoms with Gasteiger partial charge in [-0.25, -0.2) is 0 Å². The maximum atomic E-state index is 4.51. The second-order valence-corrected chi connectivity index (χ2v) is 4.76. The van der Waals surface area contributed by atoms with Gasteiger partial charge in [0.25, 0.3) is 0 Å². The van der Waals surface area contributed by atoms with Gasteiger partial charge < -0.3 is 4.90 Å². The van der Waals surface area contributed by atoms with Gasteiger partial charge in [0.15, 0.2) is 0 Å². The predicted molar refractivity (Wildman–Crippen MR) is 77.2 cm³/mol. The van der Waals surface area contributed by atoms with Crippen LogP contribution in [-0.4, -0.2) is 36.6 Å². The van der Waals surface area contributed by atoms with Crippen LogP contribution in [0.15, 0.2) is 41.3 Å². The molecular formula is C13H22N2S. The lowest BCUT2D eigenvalue weighted by molar-refractivity contribution is 0.384. The van der Waals surface area contributed by atoms with Crippen LogP contribution in [0.5, 0.6) is 0 Å². The highest BCUT2D eigenvalue weighted by atomic mass is 32.2. The molecule has 1 unspecified atom stereocenters. The first kappa shape index (κ1) is 15.2. The van der Waals surface area contributed by atoms with Crippen LogP contribution in [0.1, 0.15) is 13.8 Å². The predicted octanol–water partition coefficient (Wildman–Crippen LogP) is 3.34. The highest BCUT2D eigenvalue weighted by molar-refractivity contribution is 8.17. The summed E-state index contributed by atoms with van der Waals surface area (Å²) >= 11 is 1.62. The van der Waals surface area contributed by atoms with E-state index in [4.69, 9.17) is 0 Å². The zero-order valence-electron chi connectivity index (χ0n) is 10.7. The average molecular weight is 238 g/mol. The van der Waals surface area contributed by atoms with Crippen LogP contribution >= 0.6 is 11.8 Å². The first-order valence-electron chi connectivity index (χ1n) is 5.39. The lowest BCUT2D eigenvalue weighted by atomic mass is 10.3. The summed E-state index contributed by atoms with van der Waals surface area (Å²) in [6, 6.07) is 0.318. The molecule has 0 bridgehead atoms. The van der Waals surface area contributed by atoms with E-state index >= 15 is 0 Å². The van der Waals surface area contributed by atoms with E-state index < -0.39 is 0 Å². The molecule has 0 aromatic heterocycles. The molecule has 90 valence electrons. The maximum Gasteiger partial charge on any atom is 0.0892 e. The normalized spacial score (nSPS) is 14.4. The van der Waals surface area contributed by atoms with Crippen molar-refractivity contribution in [2.75, 3.05) is 20.6 Å². The molecule has 0 heterocycles. The van der Waals surface area contributed by atoms with E-state index in [-0.39, 0.29) is 0 Å². The van der Waals surface area contributed by atoms with Crippen LogP contribution in [-0.2, 0) is 0 Å². The number of hydrogen-bond acceptors (Lipinski definition) is 3. The summed E-state index contributed by atoms with van der Waals surface area (Å²) in [5.74, 6) is 0. The van der Waals surface area contributed by atoms with Crippen molar-refractivity contribution >= 4 is 16.8 Å². The molecule has 2 nitrogen and oxygen atoms in total. The third-order valence-electron chi connectivity index (χ3n) is 2.10. The summed E-state index contributed by atoms with van der Waals surface area (Å²) in [7, 11) is 4.11. The molecule has 0 aromatic carbocycles. The minimum atomic E-state index is 0.318. The van der Waals surface area contributed by atoms with E-state index in [1.165, 1.54) is 0 Å². The van der Waals surface area contributed by atoms with E-state index in [0.717, 1.165) is 16.5 Å².